The minimum atomic E-state index is -0.187. The Balaban J connectivity index is 1.04. The van der Waals surface area contributed by atoms with E-state index in [1.165, 1.54) is 132 Å². The van der Waals surface area contributed by atoms with E-state index in [-0.39, 0.29) is 32.5 Å². The van der Waals surface area contributed by atoms with Gasteiger partial charge in [0.05, 0.1) is 27.6 Å². The van der Waals surface area contributed by atoms with Crippen molar-refractivity contribution in [2.24, 2.45) is 0 Å². The van der Waals surface area contributed by atoms with Crippen LogP contribution in [0.2, 0.25) is 0 Å². The predicted molar refractivity (Wildman–Crippen MR) is 285 cm³/mol. The van der Waals surface area contributed by atoms with Crippen LogP contribution in [0.15, 0.2) is 109 Å². The first-order valence-corrected chi connectivity index (χ1v) is 24.5. The number of benzene rings is 7. The lowest BCUT2D eigenvalue weighted by atomic mass is 9.79. The fourth-order valence-corrected chi connectivity index (χ4v) is 12.3. The molecule has 0 bridgehead atoms. The highest BCUT2D eigenvalue weighted by Gasteiger charge is 2.42. The van der Waals surface area contributed by atoms with Gasteiger partial charge in [0.25, 0.3) is 0 Å². The molecule has 7 aromatic carbocycles. The number of aromatic nitrogens is 2. The van der Waals surface area contributed by atoms with Crippen LogP contribution in [0.5, 0.6) is 0 Å². The monoisotopic (exact) mass is 863 g/mol. The lowest BCUT2D eigenvalue weighted by Gasteiger charge is -2.24. The van der Waals surface area contributed by atoms with Crippen molar-refractivity contribution in [2.45, 2.75) is 143 Å². The number of fused-ring (bicyclic) bond motifs is 15. The summed E-state index contributed by atoms with van der Waals surface area (Å²) in [5.41, 5.74) is 24.3. The molecule has 3 heterocycles. The van der Waals surface area contributed by atoms with Crippen LogP contribution in [0.25, 0.3) is 87.8 Å². The first-order chi connectivity index (χ1) is 30.7. The molecule has 0 amide bonds. The summed E-state index contributed by atoms with van der Waals surface area (Å²) in [6.45, 7) is 37.8. The van der Waals surface area contributed by atoms with Gasteiger partial charge in [-0.2, -0.15) is 0 Å². The zero-order valence-corrected chi connectivity index (χ0v) is 42.3. The average molecular weight is 863 g/mol. The van der Waals surface area contributed by atoms with Crippen LogP contribution >= 0.6 is 0 Å². The van der Waals surface area contributed by atoms with Crippen LogP contribution in [-0.2, 0) is 32.5 Å². The average Bonchev–Trinajstić information content (AvgIpc) is 3.97. The van der Waals surface area contributed by atoms with Crippen LogP contribution in [0.4, 0.5) is 0 Å². The zero-order valence-electron chi connectivity index (χ0n) is 42.3. The molecule has 0 unspecified atom stereocenters. The van der Waals surface area contributed by atoms with Gasteiger partial charge >= 0.3 is 0 Å². The van der Waals surface area contributed by atoms with E-state index in [2.05, 4.69) is 229 Å². The molecular weight excluding hydrogens is 797 g/mol. The van der Waals surface area contributed by atoms with Crippen molar-refractivity contribution in [3.05, 3.63) is 154 Å². The molecule has 0 saturated carbocycles. The summed E-state index contributed by atoms with van der Waals surface area (Å²) in [6, 6.07) is 44.2. The van der Waals surface area contributed by atoms with E-state index < -0.39 is 0 Å². The van der Waals surface area contributed by atoms with Crippen molar-refractivity contribution < 1.29 is 0 Å². The standard InChI is InChI=1S/C64H66N2/c1-59(2,3)35-17-22-54-44(25-35)45-26-36(60(4,5)6)18-23-55(45)65(54)39-20-21-40-42-32-52-43(33-51(42)63(13,14)50(40)30-39)41-31-47-49-29-38(62(10,11)12)28-48-46-27-37(61(7,8)9)19-24-56(46)66(58(48)49)57(47)34-53(41)64(52,15)16/h17-34H,1-16H3. The van der Waals surface area contributed by atoms with Gasteiger partial charge in [-0.3, -0.25) is 0 Å². The molecule has 3 aromatic heterocycles. The van der Waals surface area contributed by atoms with E-state index in [0.717, 1.165) is 0 Å². The van der Waals surface area contributed by atoms with Crippen LogP contribution in [-0.4, -0.2) is 8.97 Å². The third-order valence-corrected chi connectivity index (χ3v) is 16.5. The van der Waals surface area contributed by atoms with Crippen LogP contribution < -0.4 is 0 Å². The predicted octanol–water partition coefficient (Wildman–Crippen LogP) is 17.7. The molecule has 12 rings (SSSR count). The molecule has 0 aliphatic heterocycles. The molecule has 2 aliphatic carbocycles. The maximum absolute atomic E-state index is 2.59. The summed E-state index contributed by atoms with van der Waals surface area (Å²) in [5.74, 6) is 0. The summed E-state index contributed by atoms with van der Waals surface area (Å²) < 4.78 is 5.12. The van der Waals surface area contributed by atoms with E-state index in [4.69, 9.17) is 0 Å². The first kappa shape index (κ1) is 41.6. The Morgan fingerprint density at radius 3 is 1.18 bits per heavy atom. The molecule has 0 radical (unpaired) electrons. The Bertz CT molecular complexity index is 3700. The fourth-order valence-electron chi connectivity index (χ4n) is 12.3. The molecular formula is C64H66N2. The number of nitrogens with zero attached hydrogens (tertiary/aromatic N) is 2. The van der Waals surface area contributed by atoms with Crippen molar-refractivity contribution in [3.63, 3.8) is 0 Å². The zero-order chi connectivity index (χ0) is 46.7. The second-order valence-corrected chi connectivity index (χ2v) is 25.6. The molecule has 0 N–H and O–H groups in total. The van der Waals surface area contributed by atoms with Gasteiger partial charge in [0.2, 0.25) is 0 Å². The lowest BCUT2D eigenvalue weighted by molar-refractivity contribution is 0.590. The van der Waals surface area contributed by atoms with E-state index in [0.29, 0.717) is 0 Å². The number of rotatable bonds is 1. The van der Waals surface area contributed by atoms with Gasteiger partial charge in [-0.15, -0.1) is 0 Å². The fraction of sp³-hybridized carbons (Fsp3) is 0.344. The van der Waals surface area contributed by atoms with Crippen molar-refractivity contribution in [1.29, 1.82) is 0 Å². The Morgan fingerprint density at radius 1 is 0.318 bits per heavy atom. The van der Waals surface area contributed by atoms with Gasteiger partial charge in [0.1, 0.15) is 0 Å². The van der Waals surface area contributed by atoms with E-state index >= 15 is 0 Å². The first-order valence-electron chi connectivity index (χ1n) is 24.5. The second-order valence-electron chi connectivity index (χ2n) is 25.6. The topological polar surface area (TPSA) is 9.34 Å². The highest BCUT2D eigenvalue weighted by molar-refractivity contribution is 6.24. The third kappa shape index (κ3) is 5.48. The molecule has 0 atom stereocenters. The minimum absolute atomic E-state index is 0.0168. The Labute approximate surface area is 392 Å². The molecule has 10 aromatic rings. The molecule has 66 heavy (non-hydrogen) atoms. The number of hydrogen-bond acceptors (Lipinski definition) is 0. The Morgan fingerprint density at radius 2 is 0.697 bits per heavy atom. The van der Waals surface area contributed by atoms with Crippen molar-refractivity contribution >= 4 is 59.9 Å². The summed E-state index contributed by atoms with van der Waals surface area (Å²) in [6.07, 6.45) is 0. The molecule has 2 nitrogen and oxygen atoms in total. The minimum Gasteiger partial charge on any atom is -0.309 e. The van der Waals surface area contributed by atoms with Gasteiger partial charge in [0.15, 0.2) is 0 Å². The quantitative estimate of drug-likeness (QED) is 0.156. The normalized spacial score (nSPS) is 15.8. The maximum Gasteiger partial charge on any atom is 0.0620 e. The molecule has 2 aliphatic rings. The summed E-state index contributed by atoms with van der Waals surface area (Å²) in [7, 11) is 0. The van der Waals surface area contributed by atoms with Gasteiger partial charge in [-0.05, 0) is 173 Å². The van der Waals surface area contributed by atoms with E-state index in [1.807, 2.05) is 0 Å². The van der Waals surface area contributed by atoms with Crippen LogP contribution in [0.1, 0.15) is 155 Å². The summed E-state index contributed by atoms with van der Waals surface area (Å²) in [4.78, 5) is 0. The lowest BCUT2D eigenvalue weighted by Crippen LogP contribution is -2.17. The van der Waals surface area contributed by atoms with Gasteiger partial charge in [-0.1, -0.05) is 135 Å². The smallest absolute Gasteiger partial charge is 0.0620 e. The highest BCUT2D eigenvalue weighted by atomic mass is 15.0. The Kier molecular flexibility index (Phi) is 7.91. The number of hydrogen-bond donors (Lipinski definition) is 0. The highest BCUT2D eigenvalue weighted by Crippen LogP contribution is 2.58. The Hall–Kier alpha value is -5.86. The summed E-state index contributed by atoms with van der Waals surface area (Å²) in [5, 5.41) is 8.12. The van der Waals surface area contributed by atoms with Gasteiger partial charge < -0.3 is 8.97 Å². The van der Waals surface area contributed by atoms with Gasteiger partial charge in [0, 0.05) is 48.8 Å². The SMILES string of the molecule is CC(C)(C)c1ccc2c(c1)c1cc(C(C)(C)C)ccc1n2-c1ccc2c(c1)C(C)(C)c1cc3c(cc1-2)C(C)(C)c1cc2c(cc1-3)c1cc(C(C)(C)C)cc3c4cc(C(C)(C)C)ccc4n2c31. The van der Waals surface area contributed by atoms with E-state index in [9.17, 15) is 0 Å². The third-order valence-electron chi connectivity index (χ3n) is 16.5. The molecule has 332 valence electrons. The largest absolute Gasteiger partial charge is 0.309 e. The second kappa shape index (κ2) is 12.6. The molecule has 0 saturated heterocycles. The summed E-state index contributed by atoms with van der Waals surface area (Å²) >= 11 is 0. The molecule has 2 heteroatoms. The van der Waals surface area contributed by atoms with Crippen LogP contribution in [0, 0.1) is 0 Å². The van der Waals surface area contributed by atoms with Crippen molar-refractivity contribution in [3.8, 4) is 27.9 Å². The molecule has 0 spiro atoms. The maximum atomic E-state index is 2.59. The van der Waals surface area contributed by atoms with Gasteiger partial charge in [-0.25, -0.2) is 0 Å². The van der Waals surface area contributed by atoms with E-state index in [1.54, 1.807) is 0 Å². The van der Waals surface area contributed by atoms with Crippen LogP contribution in [0.3, 0.4) is 0 Å². The van der Waals surface area contributed by atoms with Crippen molar-refractivity contribution in [1.82, 2.24) is 8.97 Å². The molecule has 0 fully saturated rings. The van der Waals surface area contributed by atoms with Crippen molar-refractivity contribution in [2.75, 3.05) is 0 Å².